The van der Waals surface area contributed by atoms with Gasteiger partial charge in [0.25, 0.3) is 4.84 Å². The van der Waals surface area contributed by atoms with Crippen LogP contribution in [0.25, 0.3) is 11.5 Å². The fourth-order valence-electron chi connectivity index (χ4n) is 2.52. The molecule has 3 rings (SSSR count). The van der Waals surface area contributed by atoms with Crippen LogP contribution in [0.4, 0.5) is 4.79 Å². The summed E-state index contributed by atoms with van der Waals surface area (Å²) in [5.74, 6) is 0.479. The molecule has 1 N–H and O–H groups in total. The Balaban J connectivity index is 1.78. The molecule has 23 heavy (non-hydrogen) atoms. The lowest BCUT2D eigenvalue weighted by molar-refractivity contribution is 0.0224. The minimum absolute atomic E-state index is 0.258. The molecule has 122 valence electrons. The molecule has 1 amide bonds. The Kier molecular flexibility index (Phi) is 3.97. The average molecular weight is 333 g/mol. The van der Waals surface area contributed by atoms with Gasteiger partial charge in [-0.05, 0) is 62.7 Å². The van der Waals surface area contributed by atoms with Crippen molar-refractivity contribution >= 4 is 18.3 Å². The van der Waals surface area contributed by atoms with Crippen LogP contribution in [0.2, 0.25) is 0 Å². The molecular weight excluding hydrogens is 314 g/mol. The molecule has 0 fully saturated rings. The molecule has 0 aliphatic carbocycles. The fourth-order valence-corrected chi connectivity index (χ4v) is 2.65. The molecule has 0 unspecified atom stereocenters. The zero-order valence-electron chi connectivity index (χ0n) is 13.4. The summed E-state index contributed by atoms with van der Waals surface area (Å²) in [6.07, 6.45) is 0.499. The largest absolute Gasteiger partial charge is 0.444 e. The predicted molar refractivity (Wildman–Crippen MR) is 87.5 cm³/mol. The lowest BCUT2D eigenvalue weighted by Crippen LogP contribution is -2.39. The van der Waals surface area contributed by atoms with Gasteiger partial charge in [-0.2, -0.15) is 0 Å². The lowest BCUT2D eigenvalue weighted by atomic mass is 9.97. The summed E-state index contributed by atoms with van der Waals surface area (Å²) in [4.78, 5) is 14.2. The summed E-state index contributed by atoms with van der Waals surface area (Å²) in [5, 5.41) is 6.66. The highest BCUT2D eigenvalue weighted by molar-refractivity contribution is 7.71. The number of nitrogens with one attached hydrogen (secondary N) is 1. The maximum Gasteiger partial charge on any atom is 0.410 e. The van der Waals surface area contributed by atoms with Crippen LogP contribution in [0.3, 0.4) is 0 Å². The van der Waals surface area contributed by atoms with Gasteiger partial charge in [0.2, 0.25) is 5.89 Å². The van der Waals surface area contributed by atoms with Gasteiger partial charge in [-0.3, -0.25) is 0 Å². The number of fused-ring (bicyclic) bond motifs is 1. The zero-order chi connectivity index (χ0) is 16.6. The standard InChI is InChI=1S/C16H19N3O3S/c1-16(2,3)22-15(20)19-7-6-10-8-11(4-5-12(10)9-19)13-17-18-14(23)21-13/h4-5,8H,6-7,9H2,1-3H3,(H,18,23). The van der Waals surface area contributed by atoms with Gasteiger partial charge in [-0.15, -0.1) is 5.10 Å². The molecule has 0 saturated heterocycles. The van der Waals surface area contributed by atoms with Gasteiger partial charge in [0.1, 0.15) is 5.60 Å². The summed E-state index contributed by atoms with van der Waals surface area (Å²) < 4.78 is 10.8. The van der Waals surface area contributed by atoms with E-state index in [4.69, 9.17) is 21.4 Å². The Bertz CT molecular complexity index is 788. The number of nitrogens with zero attached hydrogens (tertiary/aromatic N) is 2. The van der Waals surface area contributed by atoms with Crippen LogP contribution in [-0.2, 0) is 17.7 Å². The zero-order valence-corrected chi connectivity index (χ0v) is 14.2. The van der Waals surface area contributed by atoms with Crippen molar-refractivity contribution in [1.29, 1.82) is 0 Å². The van der Waals surface area contributed by atoms with Crippen molar-refractivity contribution in [1.82, 2.24) is 15.1 Å². The third-order valence-corrected chi connectivity index (χ3v) is 3.73. The highest BCUT2D eigenvalue weighted by Crippen LogP contribution is 2.26. The summed E-state index contributed by atoms with van der Waals surface area (Å²) in [7, 11) is 0. The molecule has 1 aromatic carbocycles. The number of H-pyrrole nitrogens is 1. The summed E-state index contributed by atoms with van der Waals surface area (Å²) in [6, 6.07) is 5.95. The summed E-state index contributed by atoms with van der Waals surface area (Å²) >= 11 is 4.90. The molecule has 0 bridgehead atoms. The monoisotopic (exact) mass is 333 g/mol. The number of aromatic amines is 1. The van der Waals surface area contributed by atoms with Gasteiger partial charge in [0.05, 0.1) is 0 Å². The van der Waals surface area contributed by atoms with E-state index in [1.54, 1.807) is 4.90 Å². The number of aromatic nitrogens is 2. The maximum absolute atomic E-state index is 12.2. The van der Waals surface area contributed by atoms with Crippen molar-refractivity contribution in [3.63, 3.8) is 0 Å². The Morgan fingerprint density at radius 1 is 1.39 bits per heavy atom. The summed E-state index contributed by atoms with van der Waals surface area (Å²) in [6.45, 7) is 6.80. The number of hydrogen-bond acceptors (Lipinski definition) is 5. The van der Waals surface area contributed by atoms with Crippen molar-refractivity contribution in [2.75, 3.05) is 6.54 Å². The smallest absolute Gasteiger partial charge is 0.410 e. The number of hydrogen-bond donors (Lipinski definition) is 1. The molecule has 0 saturated carbocycles. The van der Waals surface area contributed by atoms with Gasteiger partial charge in [-0.25, -0.2) is 9.89 Å². The Labute approximate surface area is 139 Å². The molecule has 2 aromatic rings. The molecule has 0 spiro atoms. The first-order chi connectivity index (χ1) is 10.8. The van der Waals surface area contributed by atoms with Gasteiger partial charge in [0, 0.05) is 18.7 Å². The second-order valence-corrected chi connectivity index (χ2v) is 6.92. The number of ether oxygens (including phenoxy) is 1. The van der Waals surface area contributed by atoms with E-state index in [1.807, 2.05) is 39.0 Å². The van der Waals surface area contributed by atoms with E-state index in [2.05, 4.69) is 10.2 Å². The number of benzene rings is 1. The second kappa shape index (κ2) is 5.81. The Morgan fingerprint density at radius 3 is 2.83 bits per heavy atom. The van der Waals surface area contributed by atoms with Gasteiger partial charge >= 0.3 is 6.09 Å². The van der Waals surface area contributed by atoms with Crippen molar-refractivity contribution in [2.45, 2.75) is 39.3 Å². The molecule has 7 heteroatoms. The highest BCUT2D eigenvalue weighted by atomic mass is 32.1. The highest BCUT2D eigenvalue weighted by Gasteiger charge is 2.26. The van der Waals surface area contributed by atoms with Crippen LogP contribution in [-0.4, -0.2) is 33.3 Å². The van der Waals surface area contributed by atoms with Crippen LogP contribution in [0, 0.1) is 4.84 Å². The lowest BCUT2D eigenvalue weighted by Gasteiger charge is -2.31. The van der Waals surface area contributed by atoms with Crippen LogP contribution < -0.4 is 0 Å². The van der Waals surface area contributed by atoms with E-state index in [0.29, 0.717) is 19.0 Å². The van der Waals surface area contributed by atoms with E-state index in [1.165, 1.54) is 5.56 Å². The van der Waals surface area contributed by atoms with Crippen molar-refractivity contribution in [2.24, 2.45) is 0 Å². The van der Waals surface area contributed by atoms with Crippen LogP contribution in [0.15, 0.2) is 22.6 Å². The first kappa shape index (κ1) is 15.7. The molecule has 0 atom stereocenters. The molecule has 0 radical (unpaired) electrons. The van der Waals surface area contributed by atoms with E-state index in [9.17, 15) is 4.79 Å². The van der Waals surface area contributed by atoms with Gasteiger partial charge < -0.3 is 14.1 Å². The number of amides is 1. The predicted octanol–water partition coefficient (Wildman–Crippen LogP) is 3.69. The van der Waals surface area contributed by atoms with E-state index in [0.717, 1.165) is 17.5 Å². The molecule has 1 aliphatic heterocycles. The maximum atomic E-state index is 12.2. The first-order valence-electron chi connectivity index (χ1n) is 7.47. The fraction of sp³-hybridized carbons (Fsp3) is 0.438. The minimum Gasteiger partial charge on any atom is -0.444 e. The number of carbonyl (C=O) groups is 1. The quantitative estimate of drug-likeness (QED) is 0.806. The second-order valence-electron chi connectivity index (χ2n) is 6.55. The van der Waals surface area contributed by atoms with E-state index < -0.39 is 5.60 Å². The Hall–Kier alpha value is -2.15. The Morgan fingerprint density at radius 2 is 2.17 bits per heavy atom. The van der Waals surface area contributed by atoms with Crippen LogP contribution in [0.1, 0.15) is 31.9 Å². The minimum atomic E-state index is -0.482. The van der Waals surface area contributed by atoms with Crippen LogP contribution in [0.5, 0.6) is 0 Å². The van der Waals surface area contributed by atoms with Crippen molar-refractivity contribution in [3.8, 4) is 11.5 Å². The molecule has 6 nitrogen and oxygen atoms in total. The third-order valence-electron chi connectivity index (χ3n) is 3.56. The number of carbonyl (C=O) groups excluding carboxylic acids is 1. The number of rotatable bonds is 1. The molecular formula is C16H19N3O3S. The molecule has 1 aliphatic rings. The molecule has 2 heterocycles. The van der Waals surface area contributed by atoms with Crippen molar-refractivity contribution in [3.05, 3.63) is 34.2 Å². The SMILES string of the molecule is CC(C)(C)OC(=O)N1CCc2cc(-c3n[nH]c(=S)o3)ccc2C1. The van der Waals surface area contributed by atoms with Gasteiger partial charge in [-0.1, -0.05) is 6.07 Å². The van der Waals surface area contributed by atoms with E-state index in [-0.39, 0.29) is 10.9 Å². The van der Waals surface area contributed by atoms with Crippen LogP contribution >= 0.6 is 12.2 Å². The first-order valence-corrected chi connectivity index (χ1v) is 7.88. The van der Waals surface area contributed by atoms with Crippen molar-refractivity contribution < 1.29 is 13.9 Å². The van der Waals surface area contributed by atoms with E-state index >= 15 is 0 Å². The summed E-state index contributed by atoms with van der Waals surface area (Å²) in [5.41, 5.74) is 2.69. The topological polar surface area (TPSA) is 71.4 Å². The normalized spacial score (nSPS) is 14.5. The van der Waals surface area contributed by atoms with Gasteiger partial charge in [0.15, 0.2) is 0 Å². The average Bonchev–Trinajstić information content (AvgIpc) is 2.91. The molecule has 1 aromatic heterocycles. The third kappa shape index (κ3) is 3.61.